The maximum atomic E-state index is 4.65. The van der Waals surface area contributed by atoms with Crippen molar-refractivity contribution in [2.75, 3.05) is 50.1 Å². The van der Waals surface area contributed by atoms with Crippen LogP contribution < -0.4 is 15.1 Å². The van der Waals surface area contributed by atoms with Gasteiger partial charge in [0.1, 0.15) is 5.82 Å². The summed E-state index contributed by atoms with van der Waals surface area (Å²) >= 11 is 0. The molecule has 1 N–H and O–H groups in total. The van der Waals surface area contributed by atoms with E-state index < -0.39 is 0 Å². The molecule has 0 amide bonds. The normalized spacial score (nSPS) is 15.8. The Labute approximate surface area is 114 Å². The molecule has 100 valence electrons. The molecule has 19 heavy (non-hydrogen) atoms. The van der Waals surface area contributed by atoms with E-state index in [4.69, 9.17) is 0 Å². The van der Waals surface area contributed by atoms with Gasteiger partial charge in [0.15, 0.2) is 0 Å². The van der Waals surface area contributed by atoms with Crippen LogP contribution >= 0.6 is 0 Å². The molecular weight excluding hydrogens is 236 g/mol. The average molecular weight is 256 g/mol. The van der Waals surface area contributed by atoms with Gasteiger partial charge >= 0.3 is 0 Å². The quantitative estimate of drug-likeness (QED) is 0.886. The first kappa shape index (κ1) is 12.2. The maximum Gasteiger partial charge on any atom is 0.136 e. The van der Waals surface area contributed by atoms with Crippen molar-refractivity contribution in [3.05, 3.63) is 30.5 Å². The number of nitrogens with zero attached hydrogens (tertiary/aromatic N) is 3. The molecule has 1 saturated heterocycles. The molecule has 4 heteroatoms. The Morgan fingerprint density at radius 1 is 1.11 bits per heavy atom. The minimum absolute atomic E-state index is 1.04. The molecule has 0 atom stereocenters. The summed E-state index contributed by atoms with van der Waals surface area (Å²) in [4.78, 5) is 9.14. The maximum absolute atomic E-state index is 4.65. The summed E-state index contributed by atoms with van der Waals surface area (Å²) < 4.78 is 0. The smallest absolute Gasteiger partial charge is 0.136 e. The van der Waals surface area contributed by atoms with Crippen molar-refractivity contribution < 1.29 is 0 Å². The fraction of sp³-hybridized carbons (Fsp3) is 0.400. The van der Waals surface area contributed by atoms with Crippen molar-refractivity contribution in [3.63, 3.8) is 0 Å². The summed E-state index contributed by atoms with van der Waals surface area (Å²) in [6.07, 6.45) is 2.02. The Balaban J connectivity index is 2.13. The molecule has 0 saturated carbocycles. The molecule has 0 aliphatic carbocycles. The van der Waals surface area contributed by atoms with Crippen molar-refractivity contribution in [3.8, 4) is 0 Å². The van der Waals surface area contributed by atoms with Gasteiger partial charge in [0.25, 0.3) is 0 Å². The Kier molecular flexibility index (Phi) is 3.25. The summed E-state index contributed by atoms with van der Waals surface area (Å²) in [7, 11) is 4.08. The number of anilines is 2. The van der Waals surface area contributed by atoms with Gasteiger partial charge in [-0.25, -0.2) is 4.98 Å². The summed E-state index contributed by atoms with van der Waals surface area (Å²) in [6.45, 7) is 4.19. The van der Waals surface area contributed by atoms with Crippen LogP contribution in [0.15, 0.2) is 30.5 Å². The molecule has 1 fully saturated rings. The number of nitrogens with one attached hydrogen (secondary N) is 1. The monoisotopic (exact) mass is 256 g/mol. The van der Waals surface area contributed by atoms with E-state index >= 15 is 0 Å². The van der Waals surface area contributed by atoms with Crippen LogP contribution in [0.4, 0.5) is 11.5 Å². The van der Waals surface area contributed by atoms with Gasteiger partial charge in [0, 0.05) is 51.0 Å². The number of hydrogen-bond donors (Lipinski definition) is 1. The van der Waals surface area contributed by atoms with Gasteiger partial charge in [-0.1, -0.05) is 24.3 Å². The molecular formula is C15H20N4. The molecule has 2 aromatic rings. The number of rotatable bonds is 2. The van der Waals surface area contributed by atoms with Crippen molar-refractivity contribution in [1.29, 1.82) is 0 Å². The molecule has 2 heterocycles. The average Bonchev–Trinajstić information content (AvgIpc) is 2.47. The van der Waals surface area contributed by atoms with E-state index in [0.29, 0.717) is 0 Å². The molecule has 0 radical (unpaired) electrons. The summed E-state index contributed by atoms with van der Waals surface area (Å²) in [5.41, 5.74) is 1.25. The van der Waals surface area contributed by atoms with Gasteiger partial charge in [-0.05, 0) is 0 Å². The second-order valence-electron chi connectivity index (χ2n) is 5.14. The first-order chi connectivity index (χ1) is 9.27. The van der Waals surface area contributed by atoms with Crippen LogP contribution in [0.1, 0.15) is 0 Å². The highest BCUT2D eigenvalue weighted by Gasteiger charge is 2.15. The SMILES string of the molecule is CN(C)c1ncc(N2CCNCC2)c2ccccc12. The molecule has 0 spiro atoms. The van der Waals surface area contributed by atoms with Crippen molar-refractivity contribution in [1.82, 2.24) is 10.3 Å². The van der Waals surface area contributed by atoms with E-state index in [9.17, 15) is 0 Å². The third-order valence-electron chi connectivity index (χ3n) is 3.63. The second-order valence-corrected chi connectivity index (χ2v) is 5.14. The number of fused-ring (bicyclic) bond motifs is 1. The van der Waals surface area contributed by atoms with Crippen LogP contribution in [0.3, 0.4) is 0 Å². The summed E-state index contributed by atoms with van der Waals surface area (Å²) in [6, 6.07) is 8.54. The molecule has 3 rings (SSSR count). The summed E-state index contributed by atoms with van der Waals surface area (Å²) in [5, 5.41) is 5.91. The molecule has 0 unspecified atom stereocenters. The van der Waals surface area contributed by atoms with Gasteiger partial charge in [0.2, 0.25) is 0 Å². The van der Waals surface area contributed by atoms with Crippen LogP contribution in [0.25, 0.3) is 10.8 Å². The first-order valence-corrected chi connectivity index (χ1v) is 6.78. The molecule has 4 nitrogen and oxygen atoms in total. The lowest BCUT2D eigenvalue weighted by Gasteiger charge is -2.30. The lowest BCUT2D eigenvalue weighted by atomic mass is 10.1. The molecule has 1 aromatic heterocycles. The number of hydrogen-bond acceptors (Lipinski definition) is 4. The van der Waals surface area contributed by atoms with Gasteiger partial charge in [-0.3, -0.25) is 0 Å². The van der Waals surface area contributed by atoms with E-state index in [1.165, 1.54) is 16.5 Å². The van der Waals surface area contributed by atoms with Crippen molar-refractivity contribution >= 4 is 22.3 Å². The minimum atomic E-state index is 1.04. The number of piperazine rings is 1. The van der Waals surface area contributed by atoms with E-state index in [1.807, 2.05) is 20.3 Å². The Hall–Kier alpha value is -1.81. The predicted molar refractivity (Wildman–Crippen MR) is 81.2 cm³/mol. The number of benzene rings is 1. The lowest BCUT2D eigenvalue weighted by molar-refractivity contribution is 0.590. The van der Waals surface area contributed by atoms with Crippen LogP contribution in [-0.4, -0.2) is 45.3 Å². The second kappa shape index (κ2) is 5.05. The topological polar surface area (TPSA) is 31.4 Å². The van der Waals surface area contributed by atoms with Gasteiger partial charge in [0.05, 0.1) is 11.9 Å². The van der Waals surface area contributed by atoms with Gasteiger partial charge in [-0.2, -0.15) is 0 Å². The highest BCUT2D eigenvalue weighted by Crippen LogP contribution is 2.31. The Bertz CT molecular complexity index is 573. The van der Waals surface area contributed by atoms with Crippen LogP contribution in [0, 0.1) is 0 Å². The minimum Gasteiger partial charge on any atom is -0.367 e. The number of aromatic nitrogens is 1. The van der Waals surface area contributed by atoms with Crippen LogP contribution in [0.5, 0.6) is 0 Å². The van der Waals surface area contributed by atoms with Gasteiger partial charge in [-0.15, -0.1) is 0 Å². The molecule has 1 aromatic carbocycles. The van der Waals surface area contributed by atoms with Gasteiger partial charge < -0.3 is 15.1 Å². The van der Waals surface area contributed by atoms with E-state index in [1.54, 1.807) is 0 Å². The fourth-order valence-electron chi connectivity index (χ4n) is 2.68. The molecule has 0 bridgehead atoms. The van der Waals surface area contributed by atoms with Crippen molar-refractivity contribution in [2.45, 2.75) is 0 Å². The molecule has 1 aliphatic rings. The largest absolute Gasteiger partial charge is 0.367 e. The predicted octanol–water partition coefficient (Wildman–Crippen LogP) is 1.71. The highest BCUT2D eigenvalue weighted by molar-refractivity contribution is 6.00. The van der Waals surface area contributed by atoms with Crippen LogP contribution in [-0.2, 0) is 0 Å². The molecule has 1 aliphatic heterocycles. The van der Waals surface area contributed by atoms with E-state index in [2.05, 4.69) is 44.4 Å². The third-order valence-corrected chi connectivity index (χ3v) is 3.63. The zero-order valence-electron chi connectivity index (χ0n) is 11.6. The highest BCUT2D eigenvalue weighted by atomic mass is 15.2. The van der Waals surface area contributed by atoms with Crippen molar-refractivity contribution in [2.24, 2.45) is 0 Å². The fourth-order valence-corrected chi connectivity index (χ4v) is 2.68. The number of pyridine rings is 1. The Morgan fingerprint density at radius 2 is 1.79 bits per heavy atom. The zero-order chi connectivity index (χ0) is 13.2. The van der Waals surface area contributed by atoms with E-state index in [-0.39, 0.29) is 0 Å². The third kappa shape index (κ3) is 2.24. The zero-order valence-corrected chi connectivity index (χ0v) is 11.6. The standard InChI is InChI=1S/C15H20N4/c1-18(2)15-13-6-4-3-5-12(13)14(11-17-15)19-9-7-16-8-10-19/h3-6,11,16H,7-10H2,1-2H3. The van der Waals surface area contributed by atoms with Crippen LogP contribution in [0.2, 0.25) is 0 Å². The van der Waals surface area contributed by atoms with E-state index in [0.717, 1.165) is 32.0 Å². The first-order valence-electron chi connectivity index (χ1n) is 6.78. The summed E-state index contributed by atoms with van der Waals surface area (Å²) in [5.74, 6) is 1.04. The Morgan fingerprint density at radius 3 is 2.47 bits per heavy atom. The lowest BCUT2D eigenvalue weighted by Crippen LogP contribution is -2.43.